The molecule has 2 nitrogen and oxygen atoms in total. The third-order valence-electron chi connectivity index (χ3n) is 2.27. The second kappa shape index (κ2) is 6.38. The van der Waals surface area contributed by atoms with E-state index in [0.29, 0.717) is 12.0 Å². The summed E-state index contributed by atoms with van der Waals surface area (Å²) in [7, 11) is 0. The van der Waals surface area contributed by atoms with Crippen molar-refractivity contribution in [3.63, 3.8) is 0 Å². The molecule has 84 valence electrons. The first-order valence-corrected chi connectivity index (χ1v) is 6.35. The first-order valence-electron chi connectivity index (χ1n) is 4.98. The van der Waals surface area contributed by atoms with E-state index in [-0.39, 0.29) is 0 Å². The fourth-order valence-electron chi connectivity index (χ4n) is 1.17. The summed E-state index contributed by atoms with van der Waals surface area (Å²) >= 11 is 7.79. The number of halogens is 1. The van der Waals surface area contributed by atoms with E-state index in [4.69, 9.17) is 17.4 Å². The number of hydrogen-bond acceptors (Lipinski definition) is 3. The lowest BCUT2D eigenvalue weighted by Crippen LogP contribution is -2.40. The Kier molecular flexibility index (Phi) is 5.47. The Labute approximate surface area is 101 Å². The summed E-state index contributed by atoms with van der Waals surface area (Å²) in [5.41, 5.74) is 2.83. The molecule has 0 amide bonds. The first-order chi connectivity index (χ1) is 7.15. The van der Waals surface area contributed by atoms with Crippen molar-refractivity contribution in [3.8, 4) is 0 Å². The molecule has 0 heterocycles. The minimum atomic E-state index is 0.311. The van der Waals surface area contributed by atoms with Gasteiger partial charge in [-0.25, -0.2) is 0 Å². The Bertz CT molecular complexity index is 304. The van der Waals surface area contributed by atoms with Crippen LogP contribution in [0.15, 0.2) is 29.2 Å². The quantitative estimate of drug-likeness (QED) is 0.475. The lowest BCUT2D eigenvalue weighted by molar-refractivity contribution is 0.443. The summed E-state index contributed by atoms with van der Waals surface area (Å²) < 4.78 is 0. The summed E-state index contributed by atoms with van der Waals surface area (Å²) in [5, 5.41) is 0.807. The first kappa shape index (κ1) is 12.8. The molecular weight excluding hydrogens is 228 g/mol. The van der Waals surface area contributed by atoms with Crippen LogP contribution in [-0.2, 0) is 0 Å². The summed E-state index contributed by atoms with van der Waals surface area (Å²) in [6.07, 6.45) is 0. The molecule has 15 heavy (non-hydrogen) atoms. The van der Waals surface area contributed by atoms with Crippen molar-refractivity contribution < 1.29 is 0 Å². The average Bonchev–Trinajstić information content (AvgIpc) is 2.21. The van der Waals surface area contributed by atoms with Crippen molar-refractivity contribution in [2.45, 2.75) is 24.8 Å². The van der Waals surface area contributed by atoms with E-state index in [2.05, 4.69) is 19.3 Å². The SMILES string of the molecule is CC(C)C(CSc1ccccc1Cl)NN. The predicted octanol–water partition coefficient (Wildman–Crippen LogP) is 2.92. The highest BCUT2D eigenvalue weighted by atomic mass is 35.5. The zero-order chi connectivity index (χ0) is 11.3. The van der Waals surface area contributed by atoms with Gasteiger partial charge in [-0.05, 0) is 18.1 Å². The Morgan fingerprint density at radius 3 is 2.60 bits per heavy atom. The second-order valence-corrected chi connectivity index (χ2v) is 5.23. The molecule has 0 radical (unpaired) electrons. The van der Waals surface area contributed by atoms with E-state index in [1.54, 1.807) is 11.8 Å². The molecular formula is C11H17ClN2S. The minimum Gasteiger partial charge on any atom is -0.271 e. The zero-order valence-corrected chi connectivity index (χ0v) is 10.6. The molecule has 4 heteroatoms. The largest absolute Gasteiger partial charge is 0.271 e. The normalized spacial score (nSPS) is 13.1. The van der Waals surface area contributed by atoms with Crippen LogP contribution in [0.1, 0.15) is 13.8 Å². The molecule has 0 aliphatic rings. The van der Waals surface area contributed by atoms with Crippen LogP contribution in [-0.4, -0.2) is 11.8 Å². The molecule has 1 aromatic carbocycles. The molecule has 1 unspecified atom stereocenters. The van der Waals surface area contributed by atoms with Gasteiger partial charge in [0.25, 0.3) is 0 Å². The van der Waals surface area contributed by atoms with Crippen LogP contribution in [0, 0.1) is 5.92 Å². The monoisotopic (exact) mass is 244 g/mol. The Morgan fingerprint density at radius 1 is 1.40 bits per heavy atom. The topological polar surface area (TPSA) is 38.0 Å². The number of nitrogens with two attached hydrogens (primary N) is 1. The highest BCUT2D eigenvalue weighted by Crippen LogP contribution is 2.27. The van der Waals surface area contributed by atoms with Crippen LogP contribution in [0.2, 0.25) is 5.02 Å². The number of hydrazine groups is 1. The lowest BCUT2D eigenvalue weighted by atomic mass is 10.1. The van der Waals surface area contributed by atoms with Crippen LogP contribution in [0.25, 0.3) is 0 Å². The zero-order valence-electron chi connectivity index (χ0n) is 9.03. The Balaban J connectivity index is 2.53. The molecule has 0 aliphatic heterocycles. The van der Waals surface area contributed by atoms with Crippen molar-refractivity contribution in [3.05, 3.63) is 29.3 Å². The van der Waals surface area contributed by atoms with Gasteiger partial charge >= 0.3 is 0 Å². The van der Waals surface area contributed by atoms with Crippen LogP contribution < -0.4 is 11.3 Å². The fourth-order valence-corrected chi connectivity index (χ4v) is 2.69. The third kappa shape index (κ3) is 4.03. The van der Waals surface area contributed by atoms with Gasteiger partial charge in [0.15, 0.2) is 0 Å². The maximum absolute atomic E-state index is 6.06. The van der Waals surface area contributed by atoms with Gasteiger partial charge in [-0.2, -0.15) is 0 Å². The van der Waals surface area contributed by atoms with Crippen LogP contribution in [0.3, 0.4) is 0 Å². The molecule has 0 saturated heterocycles. The molecule has 0 fully saturated rings. The summed E-state index contributed by atoms with van der Waals surface area (Å²) in [6.45, 7) is 4.30. The van der Waals surface area contributed by atoms with Gasteiger partial charge in [-0.3, -0.25) is 11.3 Å². The van der Waals surface area contributed by atoms with Crippen molar-refractivity contribution in [2.75, 3.05) is 5.75 Å². The maximum atomic E-state index is 6.06. The van der Waals surface area contributed by atoms with E-state index >= 15 is 0 Å². The third-order valence-corrected chi connectivity index (χ3v) is 3.91. The molecule has 0 aromatic heterocycles. The predicted molar refractivity (Wildman–Crippen MR) is 68.1 cm³/mol. The summed E-state index contributed by atoms with van der Waals surface area (Å²) in [6, 6.07) is 8.18. The molecule has 0 saturated carbocycles. The van der Waals surface area contributed by atoms with E-state index in [9.17, 15) is 0 Å². The average molecular weight is 245 g/mol. The number of thioether (sulfide) groups is 1. The molecule has 0 bridgehead atoms. The standard InChI is InChI=1S/C11H17ClN2S/c1-8(2)10(14-13)7-15-11-6-4-3-5-9(11)12/h3-6,8,10,14H,7,13H2,1-2H3. The van der Waals surface area contributed by atoms with Gasteiger partial charge in [0.1, 0.15) is 0 Å². The van der Waals surface area contributed by atoms with E-state index in [1.807, 2.05) is 24.3 Å². The van der Waals surface area contributed by atoms with Gasteiger partial charge < -0.3 is 0 Å². The molecule has 3 N–H and O–H groups in total. The van der Waals surface area contributed by atoms with Gasteiger partial charge in [0.2, 0.25) is 0 Å². The van der Waals surface area contributed by atoms with Crippen molar-refractivity contribution >= 4 is 23.4 Å². The Morgan fingerprint density at radius 2 is 2.07 bits per heavy atom. The van der Waals surface area contributed by atoms with Gasteiger partial charge in [0, 0.05) is 16.7 Å². The molecule has 1 aromatic rings. The summed E-state index contributed by atoms with van der Waals surface area (Å²) in [5.74, 6) is 6.93. The smallest absolute Gasteiger partial charge is 0.0541 e. The maximum Gasteiger partial charge on any atom is 0.0541 e. The lowest BCUT2D eigenvalue weighted by Gasteiger charge is -2.19. The number of benzene rings is 1. The number of nitrogens with one attached hydrogen (secondary N) is 1. The number of rotatable bonds is 5. The highest BCUT2D eigenvalue weighted by Gasteiger charge is 2.12. The van der Waals surface area contributed by atoms with Crippen molar-refractivity contribution in [1.29, 1.82) is 0 Å². The van der Waals surface area contributed by atoms with Gasteiger partial charge in [-0.15, -0.1) is 11.8 Å². The van der Waals surface area contributed by atoms with Crippen LogP contribution >= 0.6 is 23.4 Å². The molecule has 0 spiro atoms. The molecule has 1 atom stereocenters. The minimum absolute atomic E-state index is 0.311. The van der Waals surface area contributed by atoms with Crippen LogP contribution in [0.4, 0.5) is 0 Å². The second-order valence-electron chi connectivity index (χ2n) is 3.76. The highest BCUT2D eigenvalue weighted by molar-refractivity contribution is 7.99. The Hall–Kier alpha value is -0.220. The molecule has 1 rings (SSSR count). The van der Waals surface area contributed by atoms with Gasteiger partial charge in [0.05, 0.1) is 5.02 Å². The van der Waals surface area contributed by atoms with Crippen molar-refractivity contribution in [2.24, 2.45) is 11.8 Å². The summed E-state index contributed by atoms with van der Waals surface area (Å²) in [4.78, 5) is 1.11. The van der Waals surface area contributed by atoms with E-state index in [0.717, 1.165) is 15.7 Å². The van der Waals surface area contributed by atoms with Crippen LogP contribution in [0.5, 0.6) is 0 Å². The van der Waals surface area contributed by atoms with E-state index < -0.39 is 0 Å². The number of hydrogen-bond donors (Lipinski definition) is 2. The fraction of sp³-hybridized carbons (Fsp3) is 0.455. The molecule has 0 aliphatic carbocycles. The van der Waals surface area contributed by atoms with Crippen molar-refractivity contribution in [1.82, 2.24) is 5.43 Å². The van der Waals surface area contributed by atoms with E-state index in [1.165, 1.54) is 0 Å². The van der Waals surface area contributed by atoms with Gasteiger partial charge in [-0.1, -0.05) is 37.6 Å².